The summed E-state index contributed by atoms with van der Waals surface area (Å²) in [5.74, 6) is 1.63. The van der Waals surface area contributed by atoms with Gasteiger partial charge in [0, 0.05) is 5.56 Å². The molecule has 0 atom stereocenters. The molecule has 2 aromatic rings. The summed E-state index contributed by atoms with van der Waals surface area (Å²) in [6, 6.07) is 15.5. The zero-order valence-corrected chi connectivity index (χ0v) is 12.0. The number of ether oxygens (including phenoxy) is 1. The van der Waals surface area contributed by atoms with Crippen molar-refractivity contribution in [1.29, 1.82) is 0 Å². The van der Waals surface area contributed by atoms with Gasteiger partial charge in [-0.25, -0.2) is 0 Å². The van der Waals surface area contributed by atoms with E-state index in [1.165, 1.54) is 11.8 Å². The van der Waals surface area contributed by atoms with Crippen molar-refractivity contribution < 1.29 is 9.94 Å². The number of nitrogens with zero attached hydrogens (tertiary/aromatic N) is 1. The molecule has 0 aliphatic carbocycles. The zero-order valence-electron chi connectivity index (χ0n) is 12.0. The lowest BCUT2D eigenvalue weighted by Gasteiger charge is -2.22. The van der Waals surface area contributed by atoms with Crippen LogP contribution in [0.4, 0.5) is 0 Å². The Bertz CT molecular complexity index is 595. The molecule has 0 saturated heterocycles. The van der Waals surface area contributed by atoms with Gasteiger partial charge in [0.05, 0.1) is 6.21 Å². The fourth-order valence-corrected chi connectivity index (χ4v) is 1.99. The van der Waals surface area contributed by atoms with Crippen molar-refractivity contribution in [2.24, 2.45) is 5.16 Å². The Morgan fingerprint density at radius 2 is 1.65 bits per heavy atom. The molecule has 1 N–H and O–H groups in total. The first-order valence-electron chi connectivity index (χ1n) is 6.55. The van der Waals surface area contributed by atoms with Crippen LogP contribution in [-0.2, 0) is 5.41 Å². The zero-order chi connectivity index (χ0) is 14.6. The van der Waals surface area contributed by atoms with E-state index >= 15 is 0 Å². The maximum absolute atomic E-state index is 8.49. The molecule has 0 amide bonds. The molecule has 0 bridgehead atoms. The quantitative estimate of drug-likeness (QED) is 0.503. The molecule has 104 valence electrons. The van der Waals surface area contributed by atoms with E-state index in [1.807, 2.05) is 42.5 Å². The summed E-state index contributed by atoms with van der Waals surface area (Å²) in [7, 11) is 0. The maximum Gasteiger partial charge on any atom is 0.131 e. The lowest BCUT2D eigenvalue weighted by molar-refractivity contribution is 0.322. The van der Waals surface area contributed by atoms with Crippen LogP contribution in [0.1, 0.15) is 31.9 Å². The van der Waals surface area contributed by atoms with E-state index in [0.29, 0.717) is 0 Å². The van der Waals surface area contributed by atoms with Crippen LogP contribution in [0.15, 0.2) is 53.7 Å². The first-order valence-corrected chi connectivity index (χ1v) is 6.55. The lowest BCUT2D eigenvalue weighted by Crippen LogP contribution is -2.12. The predicted octanol–water partition coefficient (Wildman–Crippen LogP) is 4.58. The van der Waals surface area contributed by atoms with Crippen molar-refractivity contribution in [2.75, 3.05) is 0 Å². The molecule has 3 nitrogen and oxygen atoms in total. The highest BCUT2D eigenvalue weighted by atomic mass is 16.5. The third-order valence-corrected chi connectivity index (χ3v) is 3.01. The van der Waals surface area contributed by atoms with Gasteiger partial charge in [-0.3, -0.25) is 0 Å². The third-order valence-electron chi connectivity index (χ3n) is 3.01. The minimum absolute atomic E-state index is 0.0279. The van der Waals surface area contributed by atoms with Crippen molar-refractivity contribution in [2.45, 2.75) is 26.2 Å². The van der Waals surface area contributed by atoms with Crippen molar-refractivity contribution in [3.8, 4) is 11.5 Å². The molecule has 0 aliphatic rings. The average Bonchev–Trinajstić information content (AvgIpc) is 2.41. The number of para-hydroxylation sites is 1. The van der Waals surface area contributed by atoms with Crippen LogP contribution < -0.4 is 4.74 Å². The first kappa shape index (κ1) is 14.1. The van der Waals surface area contributed by atoms with E-state index in [1.54, 1.807) is 0 Å². The molecule has 2 rings (SSSR count). The van der Waals surface area contributed by atoms with Gasteiger partial charge in [0.2, 0.25) is 0 Å². The minimum Gasteiger partial charge on any atom is -0.457 e. The Balaban J connectivity index is 2.26. The van der Waals surface area contributed by atoms with Crippen molar-refractivity contribution >= 4 is 6.21 Å². The van der Waals surface area contributed by atoms with Gasteiger partial charge in [-0.1, -0.05) is 44.1 Å². The number of benzene rings is 2. The third kappa shape index (κ3) is 3.38. The van der Waals surface area contributed by atoms with Gasteiger partial charge in [0.1, 0.15) is 11.5 Å². The van der Waals surface area contributed by atoms with Crippen LogP contribution in [0.2, 0.25) is 0 Å². The number of hydrogen-bond donors (Lipinski definition) is 1. The maximum atomic E-state index is 8.49. The normalized spacial score (nSPS) is 11.8. The molecule has 0 heterocycles. The minimum atomic E-state index is 0.0279. The highest BCUT2D eigenvalue weighted by molar-refractivity contribution is 5.79. The monoisotopic (exact) mass is 269 g/mol. The Labute approximate surface area is 119 Å². The summed E-state index contributed by atoms with van der Waals surface area (Å²) >= 11 is 0. The Hall–Kier alpha value is -2.29. The van der Waals surface area contributed by atoms with Crippen molar-refractivity contribution in [3.05, 3.63) is 59.7 Å². The predicted molar refractivity (Wildman–Crippen MR) is 81.0 cm³/mol. The molecule has 0 aliphatic heterocycles. The fourth-order valence-electron chi connectivity index (χ4n) is 1.99. The first-order chi connectivity index (χ1) is 9.50. The molecule has 0 saturated carbocycles. The molecule has 0 aromatic heterocycles. The SMILES string of the molecule is CC(C)(C)c1ccccc1Oc1ccc(C=NO)cc1. The lowest BCUT2D eigenvalue weighted by atomic mass is 9.86. The van der Waals surface area contributed by atoms with Crippen LogP contribution in [-0.4, -0.2) is 11.4 Å². The van der Waals surface area contributed by atoms with Gasteiger partial charge in [0.15, 0.2) is 0 Å². The van der Waals surface area contributed by atoms with E-state index in [0.717, 1.165) is 17.1 Å². The van der Waals surface area contributed by atoms with Gasteiger partial charge in [0.25, 0.3) is 0 Å². The summed E-state index contributed by atoms with van der Waals surface area (Å²) in [4.78, 5) is 0. The second kappa shape index (κ2) is 5.78. The van der Waals surface area contributed by atoms with E-state index in [-0.39, 0.29) is 5.41 Å². The number of rotatable bonds is 3. The Kier molecular flexibility index (Phi) is 4.08. The van der Waals surface area contributed by atoms with Crippen LogP contribution in [0.3, 0.4) is 0 Å². The van der Waals surface area contributed by atoms with E-state index in [2.05, 4.69) is 32.0 Å². The molecular formula is C17H19NO2. The van der Waals surface area contributed by atoms with Crippen LogP contribution in [0.25, 0.3) is 0 Å². The summed E-state index contributed by atoms with van der Waals surface area (Å²) in [5, 5.41) is 11.5. The molecule has 3 heteroatoms. The van der Waals surface area contributed by atoms with E-state index in [9.17, 15) is 0 Å². The highest BCUT2D eigenvalue weighted by Gasteiger charge is 2.18. The fraction of sp³-hybridized carbons (Fsp3) is 0.235. The van der Waals surface area contributed by atoms with Gasteiger partial charge >= 0.3 is 0 Å². The second-order valence-corrected chi connectivity index (χ2v) is 5.66. The highest BCUT2D eigenvalue weighted by Crippen LogP contribution is 2.33. The topological polar surface area (TPSA) is 41.8 Å². The van der Waals surface area contributed by atoms with Crippen LogP contribution >= 0.6 is 0 Å². The van der Waals surface area contributed by atoms with Crippen molar-refractivity contribution in [3.63, 3.8) is 0 Å². The summed E-state index contributed by atoms with van der Waals surface area (Å²) in [5.41, 5.74) is 2.02. The van der Waals surface area contributed by atoms with Crippen molar-refractivity contribution in [1.82, 2.24) is 0 Å². The molecule has 0 radical (unpaired) electrons. The Morgan fingerprint density at radius 3 is 2.25 bits per heavy atom. The smallest absolute Gasteiger partial charge is 0.131 e. The van der Waals surface area contributed by atoms with Crippen LogP contribution in [0, 0.1) is 0 Å². The second-order valence-electron chi connectivity index (χ2n) is 5.66. The largest absolute Gasteiger partial charge is 0.457 e. The molecular weight excluding hydrogens is 250 g/mol. The standard InChI is InChI=1S/C17H19NO2/c1-17(2,3)15-6-4-5-7-16(15)20-14-10-8-13(9-11-14)12-18-19/h4-12,19H,1-3H3. The summed E-state index contributed by atoms with van der Waals surface area (Å²) in [6.07, 6.45) is 1.38. The van der Waals surface area contributed by atoms with Gasteiger partial charge < -0.3 is 9.94 Å². The van der Waals surface area contributed by atoms with E-state index < -0.39 is 0 Å². The molecule has 20 heavy (non-hydrogen) atoms. The van der Waals surface area contributed by atoms with Gasteiger partial charge in [-0.05, 0) is 41.3 Å². The molecule has 2 aromatic carbocycles. The molecule has 0 fully saturated rings. The number of oxime groups is 1. The van der Waals surface area contributed by atoms with Gasteiger partial charge in [-0.2, -0.15) is 0 Å². The summed E-state index contributed by atoms with van der Waals surface area (Å²) < 4.78 is 5.96. The summed E-state index contributed by atoms with van der Waals surface area (Å²) in [6.45, 7) is 6.49. The van der Waals surface area contributed by atoms with E-state index in [4.69, 9.17) is 9.94 Å². The Morgan fingerprint density at radius 1 is 1.00 bits per heavy atom. The molecule has 0 unspecified atom stereocenters. The van der Waals surface area contributed by atoms with Gasteiger partial charge in [-0.15, -0.1) is 0 Å². The van der Waals surface area contributed by atoms with Crippen LogP contribution in [0.5, 0.6) is 11.5 Å². The number of hydrogen-bond acceptors (Lipinski definition) is 3. The average molecular weight is 269 g/mol. The molecule has 0 spiro atoms.